The molecule has 4 heteroatoms. The number of likely N-dealkylation sites (tertiary alicyclic amines) is 1. The van der Waals surface area contributed by atoms with E-state index in [0.717, 1.165) is 31.6 Å². The van der Waals surface area contributed by atoms with Crippen molar-refractivity contribution >= 4 is 12.4 Å². The van der Waals surface area contributed by atoms with Gasteiger partial charge in [0.1, 0.15) is 5.82 Å². The molecule has 19 heavy (non-hydrogen) atoms. The van der Waals surface area contributed by atoms with Crippen LogP contribution in [0.2, 0.25) is 0 Å². The summed E-state index contributed by atoms with van der Waals surface area (Å²) in [5.74, 6) is -0.136. The van der Waals surface area contributed by atoms with Crippen LogP contribution in [0, 0.1) is 12.7 Å². The van der Waals surface area contributed by atoms with Gasteiger partial charge in [0.2, 0.25) is 0 Å². The number of hydrogen-bond acceptors (Lipinski definition) is 2. The number of nitrogens with zero attached hydrogens (tertiary/aromatic N) is 1. The van der Waals surface area contributed by atoms with Crippen LogP contribution >= 0.6 is 12.4 Å². The molecule has 1 fully saturated rings. The summed E-state index contributed by atoms with van der Waals surface area (Å²) in [6.45, 7) is 4.76. The topological polar surface area (TPSA) is 29.3 Å². The molecule has 2 N–H and O–H groups in total. The van der Waals surface area contributed by atoms with Crippen molar-refractivity contribution in [3.05, 3.63) is 35.1 Å². The van der Waals surface area contributed by atoms with Crippen LogP contribution in [-0.4, -0.2) is 24.0 Å². The lowest BCUT2D eigenvalue weighted by Gasteiger charge is -2.36. The number of halogens is 2. The molecule has 0 bridgehead atoms. The standard InChI is InChI=1S/C15H23FN2.ClH/c1-12-5-6-14(16)10-13(12)11-18-9-3-2-4-15(18)7-8-17;/h5-6,10,15H,2-4,7-9,11,17H2,1H3;1H. The highest BCUT2D eigenvalue weighted by molar-refractivity contribution is 5.85. The van der Waals surface area contributed by atoms with Gasteiger partial charge >= 0.3 is 0 Å². The molecule has 1 aromatic carbocycles. The summed E-state index contributed by atoms with van der Waals surface area (Å²) >= 11 is 0. The van der Waals surface area contributed by atoms with Crippen molar-refractivity contribution in [3.63, 3.8) is 0 Å². The quantitative estimate of drug-likeness (QED) is 0.920. The van der Waals surface area contributed by atoms with Crippen LogP contribution in [0.4, 0.5) is 4.39 Å². The summed E-state index contributed by atoms with van der Waals surface area (Å²) < 4.78 is 13.3. The maximum Gasteiger partial charge on any atom is 0.123 e. The van der Waals surface area contributed by atoms with Gasteiger partial charge in [-0.25, -0.2) is 4.39 Å². The summed E-state index contributed by atoms with van der Waals surface area (Å²) in [5.41, 5.74) is 7.97. The van der Waals surface area contributed by atoms with Crippen molar-refractivity contribution in [1.29, 1.82) is 0 Å². The Balaban J connectivity index is 0.00000180. The summed E-state index contributed by atoms with van der Waals surface area (Å²) in [6.07, 6.45) is 4.82. The van der Waals surface area contributed by atoms with Gasteiger partial charge in [-0.15, -0.1) is 12.4 Å². The molecule has 0 aromatic heterocycles. The van der Waals surface area contributed by atoms with E-state index in [0.29, 0.717) is 6.04 Å². The van der Waals surface area contributed by atoms with E-state index in [9.17, 15) is 4.39 Å². The molecule has 0 amide bonds. The predicted octanol–water partition coefficient (Wildman–Crippen LogP) is 3.26. The molecule has 1 aromatic rings. The second kappa shape index (κ2) is 7.83. The number of aryl methyl sites for hydroxylation is 1. The summed E-state index contributed by atoms with van der Waals surface area (Å²) in [5, 5.41) is 0. The van der Waals surface area contributed by atoms with E-state index >= 15 is 0 Å². The highest BCUT2D eigenvalue weighted by Gasteiger charge is 2.22. The Hall–Kier alpha value is -0.640. The number of benzene rings is 1. The largest absolute Gasteiger partial charge is 0.330 e. The Bertz CT molecular complexity index is 396. The molecule has 1 heterocycles. The minimum Gasteiger partial charge on any atom is -0.330 e. The molecule has 0 spiro atoms. The number of nitrogens with two attached hydrogens (primary N) is 1. The molecule has 108 valence electrons. The Morgan fingerprint density at radius 2 is 2.16 bits per heavy atom. The normalized spacial score (nSPS) is 20.1. The van der Waals surface area contributed by atoms with Crippen molar-refractivity contribution in [2.24, 2.45) is 5.73 Å². The first kappa shape index (κ1) is 16.4. The first-order valence-electron chi connectivity index (χ1n) is 6.90. The molecular weight excluding hydrogens is 263 g/mol. The maximum absolute atomic E-state index is 13.3. The Kier molecular flexibility index (Phi) is 6.76. The zero-order valence-electron chi connectivity index (χ0n) is 11.6. The second-order valence-electron chi connectivity index (χ2n) is 5.27. The van der Waals surface area contributed by atoms with E-state index in [2.05, 4.69) is 11.8 Å². The smallest absolute Gasteiger partial charge is 0.123 e. The van der Waals surface area contributed by atoms with Crippen molar-refractivity contribution in [2.45, 2.75) is 45.2 Å². The van der Waals surface area contributed by atoms with Crippen LogP contribution in [0.1, 0.15) is 36.8 Å². The average molecular weight is 287 g/mol. The monoisotopic (exact) mass is 286 g/mol. The lowest BCUT2D eigenvalue weighted by atomic mass is 9.97. The highest BCUT2D eigenvalue weighted by atomic mass is 35.5. The molecule has 0 aliphatic carbocycles. The van der Waals surface area contributed by atoms with E-state index in [1.54, 1.807) is 6.07 Å². The zero-order chi connectivity index (χ0) is 13.0. The minimum absolute atomic E-state index is 0. The van der Waals surface area contributed by atoms with Gasteiger partial charge in [0, 0.05) is 12.6 Å². The summed E-state index contributed by atoms with van der Waals surface area (Å²) in [4.78, 5) is 2.47. The lowest BCUT2D eigenvalue weighted by Crippen LogP contribution is -2.40. The second-order valence-corrected chi connectivity index (χ2v) is 5.27. The molecular formula is C15H24ClFN2. The third-order valence-corrected chi connectivity index (χ3v) is 3.93. The first-order chi connectivity index (χ1) is 8.70. The fourth-order valence-corrected chi connectivity index (χ4v) is 2.82. The van der Waals surface area contributed by atoms with Gasteiger partial charge in [-0.2, -0.15) is 0 Å². The number of hydrogen-bond donors (Lipinski definition) is 1. The Labute approximate surface area is 121 Å². The van der Waals surface area contributed by atoms with E-state index in [1.165, 1.54) is 30.9 Å². The van der Waals surface area contributed by atoms with E-state index in [1.807, 2.05) is 6.07 Å². The first-order valence-corrected chi connectivity index (χ1v) is 6.90. The van der Waals surface area contributed by atoms with Crippen molar-refractivity contribution in [1.82, 2.24) is 4.90 Å². The molecule has 1 aliphatic rings. The molecule has 1 atom stereocenters. The third kappa shape index (κ3) is 4.44. The van der Waals surface area contributed by atoms with Crippen LogP contribution in [0.5, 0.6) is 0 Å². The molecule has 1 aliphatic heterocycles. The molecule has 0 radical (unpaired) electrons. The van der Waals surface area contributed by atoms with E-state index in [-0.39, 0.29) is 18.2 Å². The average Bonchev–Trinajstić information content (AvgIpc) is 2.36. The molecule has 1 saturated heterocycles. The number of piperidine rings is 1. The highest BCUT2D eigenvalue weighted by Crippen LogP contribution is 2.23. The zero-order valence-corrected chi connectivity index (χ0v) is 12.4. The van der Waals surface area contributed by atoms with Gasteiger partial charge in [-0.3, -0.25) is 4.90 Å². The van der Waals surface area contributed by atoms with Gasteiger partial charge in [0.05, 0.1) is 0 Å². The van der Waals surface area contributed by atoms with Crippen molar-refractivity contribution in [3.8, 4) is 0 Å². The SMILES string of the molecule is Cc1ccc(F)cc1CN1CCCCC1CCN.Cl. The summed E-state index contributed by atoms with van der Waals surface area (Å²) in [7, 11) is 0. The molecule has 2 nitrogen and oxygen atoms in total. The number of rotatable bonds is 4. The Morgan fingerprint density at radius 1 is 1.37 bits per heavy atom. The van der Waals surface area contributed by atoms with Crippen LogP contribution in [-0.2, 0) is 6.54 Å². The van der Waals surface area contributed by atoms with Gasteiger partial charge < -0.3 is 5.73 Å². The lowest BCUT2D eigenvalue weighted by molar-refractivity contribution is 0.133. The molecule has 2 rings (SSSR count). The Morgan fingerprint density at radius 3 is 2.89 bits per heavy atom. The van der Waals surface area contributed by atoms with Crippen molar-refractivity contribution in [2.75, 3.05) is 13.1 Å². The maximum atomic E-state index is 13.3. The van der Waals surface area contributed by atoms with Gasteiger partial charge in [-0.05, 0) is 62.5 Å². The fourth-order valence-electron chi connectivity index (χ4n) is 2.82. The molecule has 0 saturated carbocycles. The van der Waals surface area contributed by atoms with Crippen LogP contribution in [0.15, 0.2) is 18.2 Å². The van der Waals surface area contributed by atoms with Crippen LogP contribution in [0.3, 0.4) is 0 Å². The van der Waals surface area contributed by atoms with Crippen LogP contribution < -0.4 is 5.73 Å². The fraction of sp³-hybridized carbons (Fsp3) is 0.600. The van der Waals surface area contributed by atoms with Gasteiger partial charge in [-0.1, -0.05) is 12.5 Å². The van der Waals surface area contributed by atoms with Crippen molar-refractivity contribution < 1.29 is 4.39 Å². The van der Waals surface area contributed by atoms with E-state index in [4.69, 9.17) is 5.73 Å². The van der Waals surface area contributed by atoms with Gasteiger partial charge in [0.25, 0.3) is 0 Å². The van der Waals surface area contributed by atoms with Crippen LogP contribution in [0.25, 0.3) is 0 Å². The molecule has 1 unspecified atom stereocenters. The third-order valence-electron chi connectivity index (χ3n) is 3.93. The predicted molar refractivity (Wildman–Crippen MR) is 80.1 cm³/mol. The van der Waals surface area contributed by atoms with E-state index < -0.39 is 0 Å². The minimum atomic E-state index is -0.136. The summed E-state index contributed by atoms with van der Waals surface area (Å²) in [6, 6.07) is 5.65. The van der Waals surface area contributed by atoms with Gasteiger partial charge in [0.15, 0.2) is 0 Å².